The van der Waals surface area contributed by atoms with Gasteiger partial charge in [0.2, 0.25) is 0 Å². The maximum atomic E-state index is 11.9. The molecule has 0 unspecified atom stereocenters. The van der Waals surface area contributed by atoms with Gasteiger partial charge in [0.1, 0.15) is 0 Å². The number of unbranched alkanes of at least 4 members (excludes halogenated alkanes) is 2. The van der Waals surface area contributed by atoms with Crippen molar-refractivity contribution in [2.24, 2.45) is 5.73 Å². The Kier molecular flexibility index (Phi) is 8.78. The Morgan fingerprint density at radius 2 is 1.57 bits per heavy atom. The van der Waals surface area contributed by atoms with Crippen LogP contribution in [0.4, 0.5) is 0 Å². The molecule has 5 nitrogen and oxygen atoms in total. The average molecular weight is 320 g/mol. The van der Waals surface area contributed by atoms with Crippen LogP contribution in [0.25, 0.3) is 0 Å². The number of nitrogens with zero attached hydrogens (tertiary/aromatic N) is 2. The molecular weight excluding hydrogens is 286 g/mol. The van der Waals surface area contributed by atoms with Crippen LogP contribution >= 0.6 is 0 Å². The molecule has 0 aliphatic carbocycles. The smallest absolute Gasteiger partial charge is 0.153 e. The number of nitrogens with two attached hydrogens (primary N) is 1. The third kappa shape index (κ3) is 7.58. The zero-order valence-electron chi connectivity index (χ0n) is 13.8. The second kappa shape index (κ2) is 9.77. The Bertz CT molecular complexity index is 371. The fraction of sp³-hybridized carbons (Fsp3) is 1.00. The number of sulfone groups is 1. The number of hydrogen-bond acceptors (Lipinski definition) is 5. The van der Waals surface area contributed by atoms with Crippen molar-refractivity contribution >= 4 is 9.84 Å². The van der Waals surface area contributed by atoms with Gasteiger partial charge in [-0.3, -0.25) is 0 Å². The minimum atomic E-state index is -2.91. The third-order valence-corrected chi connectivity index (χ3v) is 6.46. The van der Waals surface area contributed by atoms with Gasteiger partial charge in [-0.2, -0.15) is 0 Å². The summed E-state index contributed by atoms with van der Waals surface area (Å²) in [5.41, 5.74) is 5.51. The highest BCUT2D eigenvalue weighted by atomic mass is 32.2. The average Bonchev–Trinajstić information content (AvgIpc) is 2.67. The molecular formula is C15H33N3O2S. The van der Waals surface area contributed by atoms with Crippen molar-refractivity contribution < 1.29 is 8.42 Å². The van der Waals surface area contributed by atoms with E-state index in [0.717, 1.165) is 52.1 Å². The number of rotatable bonds is 9. The Morgan fingerprint density at radius 3 is 2.14 bits per heavy atom. The van der Waals surface area contributed by atoms with Gasteiger partial charge < -0.3 is 15.5 Å². The third-order valence-electron chi connectivity index (χ3n) is 4.27. The van der Waals surface area contributed by atoms with Crippen LogP contribution in [0, 0.1) is 0 Å². The lowest BCUT2D eigenvalue weighted by atomic mass is 10.2. The molecule has 21 heavy (non-hydrogen) atoms. The van der Waals surface area contributed by atoms with E-state index in [9.17, 15) is 8.42 Å². The van der Waals surface area contributed by atoms with Gasteiger partial charge >= 0.3 is 0 Å². The lowest BCUT2D eigenvalue weighted by molar-refractivity contribution is 0.259. The zero-order valence-corrected chi connectivity index (χ0v) is 14.6. The van der Waals surface area contributed by atoms with E-state index in [4.69, 9.17) is 5.73 Å². The van der Waals surface area contributed by atoms with Crippen molar-refractivity contribution in [3.05, 3.63) is 0 Å². The SMILES string of the molecule is CC(C)S(=O)(=O)CCN1CCCN(CCCCCN)CC1. The summed E-state index contributed by atoms with van der Waals surface area (Å²) in [5.74, 6) is 0.293. The van der Waals surface area contributed by atoms with Crippen LogP contribution in [0.1, 0.15) is 39.5 Å². The summed E-state index contributed by atoms with van der Waals surface area (Å²) in [7, 11) is -2.91. The minimum Gasteiger partial charge on any atom is -0.330 e. The van der Waals surface area contributed by atoms with Crippen LogP contribution in [0.3, 0.4) is 0 Å². The van der Waals surface area contributed by atoms with E-state index in [-0.39, 0.29) is 5.25 Å². The molecule has 126 valence electrons. The van der Waals surface area contributed by atoms with Crippen molar-refractivity contribution in [3.63, 3.8) is 0 Å². The van der Waals surface area contributed by atoms with Crippen molar-refractivity contribution in [3.8, 4) is 0 Å². The van der Waals surface area contributed by atoms with Gasteiger partial charge in [-0.1, -0.05) is 6.42 Å². The molecule has 1 fully saturated rings. The van der Waals surface area contributed by atoms with Crippen LogP contribution in [0.15, 0.2) is 0 Å². The molecule has 1 aliphatic heterocycles. The van der Waals surface area contributed by atoms with Gasteiger partial charge in [-0.05, 0) is 59.3 Å². The lowest BCUT2D eigenvalue weighted by Crippen LogP contribution is -2.35. The predicted octanol–water partition coefficient (Wildman–Crippen LogP) is 0.946. The molecule has 1 aliphatic rings. The Balaban J connectivity index is 2.26. The van der Waals surface area contributed by atoms with Gasteiger partial charge in [-0.15, -0.1) is 0 Å². The summed E-state index contributed by atoms with van der Waals surface area (Å²) in [6, 6.07) is 0. The van der Waals surface area contributed by atoms with Crippen LogP contribution in [-0.4, -0.2) is 75.0 Å². The van der Waals surface area contributed by atoms with Gasteiger partial charge in [0.05, 0.1) is 11.0 Å². The first kappa shape index (κ1) is 18.9. The van der Waals surface area contributed by atoms with Crippen molar-refractivity contribution in [1.29, 1.82) is 0 Å². The summed E-state index contributed by atoms with van der Waals surface area (Å²) in [5, 5.41) is -0.261. The van der Waals surface area contributed by atoms with E-state index in [0.29, 0.717) is 12.3 Å². The normalized spacial score (nSPS) is 19.0. The highest BCUT2D eigenvalue weighted by molar-refractivity contribution is 7.92. The maximum Gasteiger partial charge on any atom is 0.153 e. The monoisotopic (exact) mass is 319 g/mol. The van der Waals surface area contributed by atoms with Crippen molar-refractivity contribution in [2.75, 3.05) is 51.6 Å². The Morgan fingerprint density at radius 1 is 0.952 bits per heavy atom. The summed E-state index contributed by atoms with van der Waals surface area (Å²) < 4.78 is 23.8. The molecule has 0 aromatic rings. The molecule has 0 spiro atoms. The Labute approximate surface area is 130 Å². The largest absolute Gasteiger partial charge is 0.330 e. The van der Waals surface area contributed by atoms with Crippen molar-refractivity contribution in [1.82, 2.24) is 9.80 Å². The topological polar surface area (TPSA) is 66.6 Å². The second-order valence-electron chi connectivity index (χ2n) is 6.30. The highest BCUT2D eigenvalue weighted by Crippen LogP contribution is 2.07. The van der Waals surface area contributed by atoms with E-state index in [2.05, 4.69) is 9.80 Å². The highest BCUT2D eigenvalue weighted by Gasteiger charge is 2.19. The lowest BCUT2D eigenvalue weighted by Gasteiger charge is -2.22. The molecule has 0 amide bonds. The van der Waals surface area contributed by atoms with Crippen molar-refractivity contribution in [2.45, 2.75) is 44.8 Å². The first-order valence-electron chi connectivity index (χ1n) is 8.32. The predicted molar refractivity (Wildman–Crippen MR) is 89.3 cm³/mol. The molecule has 0 radical (unpaired) electrons. The van der Waals surface area contributed by atoms with E-state index in [1.165, 1.54) is 12.8 Å². The maximum absolute atomic E-state index is 11.9. The molecule has 0 aromatic heterocycles. The van der Waals surface area contributed by atoms with E-state index >= 15 is 0 Å². The van der Waals surface area contributed by atoms with Gasteiger partial charge in [0.25, 0.3) is 0 Å². The molecule has 1 rings (SSSR count). The fourth-order valence-electron chi connectivity index (χ4n) is 2.62. The summed E-state index contributed by atoms with van der Waals surface area (Å²) in [4.78, 5) is 4.81. The van der Waals surface area contributed by atoms with E-state index in [1.807, 2.05) is 0 Å². The van der Waals surface area contributed by atoms with E-state index < -0.39 is 9.84 Å². The van der Waals surface area contributed by atoms with Crippen LogP contribution < -0.4 is 5.73 Å². The second-order valence-corrected chi connectivity index (χ2v) is 8.98. The van der Waals surface area contributed by atoms with Gasteiger partial charge in [-0.25, -0.2) is 8.42 Å². The summed E-state index contributed by atoms with van der Waals surface area (Å²) in [6.45, 7) is 10.4. The zero-order chi connectivity index (χ0) is 15.7. The number of hydrogen-bond donors (Lipinski definition) is 1. The fourth-order valence-corrected chi connectivity index (χ4v) is 3.60. The minimum absolute atomic E-state index is 0.261. The summed E-state index contributed by atoms with van der Waals surface area (Å²) >= 11 is 0. The van der Waals surface area contributed by atoms with Gasteiger partial charge in [0.15, 0.2) is 9.84 Å². The van der Waals surface area contributed by atoms with E-state index in [1.54, 1.807) is 13.8 Å². The molecule has 0 aromatic carbocycles. The molecule has 1 heterocycles. The first-order chi connectivity index (χ1) is 9.95. The summed E-state index contributed by atoms with van der Waals surface area (Å²) in [6.07, 6.45) is 4.69. The Hall–Kier alpha value is -0.170. The molecule has 6 heteroatoms. The molecule has 0 saturated carbocycles. The first-order valence-corrected chi connectivity index (χ1v) is 10.0. The standard InChI is InChI=1S/C15H33N3O2S/c1-15(2)21(19,20)14-13-18-10-6-9-17(11-12-18)8-5-3-4-7-16/h15H,3-14,16H2,1-2H3. The molecule has 2 N–H and O–H groups in total. The molecule has 0 atom stereocenters. The van der Waals surface area contributed by atoms with Gasteiger partial charge in [0, 0.05) is 19.6 Å². The van der Waals surface area contributed by atoms with Crippen LogP contribution in [-0.2, 0) is 9.84 Å². The van der Waals surface area contributed by atoms with Crippen LogP contribution in [0.2, 0.25) is 0 Å². The molecule has 1 saturated heterocycles. The quantitative estimate of drug-likeness (QED) is 0.641. The van der Waals surface area contributed by atoms with Crippen LogP contribution in [0.5, 0.6) is 0 Å². The molecule has 0 bridgehead atoms.